The second-order valence-electron chi connectivity index (χ2n) is 4.54. The molecule has 1 unspecified atom stereocenters. The van der Waals surface area contributed by atoms with Gasteiger partial charge in [0, 0.05) is 19.1 Å². The molecule has 1 fully saturated rings. The number of anilines is 1. The highest BCUT2D eigenvalue weighted by Gasteiger charge is 2.20. The molecule has 3 rings (SSSR count). The monoisotopic (exact) mass is 247 g/mol. The van der Waals surface area contributed by atoms with Gasteiger partial charge in [-0.25, -0.2) is 4.98 Å². The van der Waals surface area contributed by atoms with E-state index in [2.05, 4.69) is 34.5 Å². The summed E-state index contributed by atoms with van der Waals surface area (Å²) in [6.07, 6.45) is 2.53. The summed E-state index contributed by atoms with van der Waals surface area (Å²) in [6.45, 7) is 2.22. The predicted octanol–water partition coefficient (Wildman–Crippen LogP) is 2.48. The molecule has 3 nitrogen and oxygen atoms in total. The van der Waals surface area contributed by atoms with Crippen molar-refractivity contribution >= 4 is 26.7 Å². The Morgan fingerprint density at radius 1 is 1.41 bits per heavy atom. The first-order valence-electron chi connectivity index (χ1n) is 6.14. The molecule has 2 heterocycles. The zero-order valence-electron chi connectivity index (χ0n) is 10.0. The summed E-state index contributed by atoms with van der Waals surface area (Å²) in [5.41, 5.74) is 1.12. The number of nitrogens with one attached hydrogen (secondary N) is 1. The Morgan fingerprint density at radius 2 is 2.29 bits per heavy atom. The van der Waals surface area contributed by atoms with Gasteiger partial charge in [0.2, 0.25) is 0 Å². The van der Waals surface area contributed by atoms with E-state index in [-0.39, 0.29) is 0 Å². The van der Waals surface area contributed by atoms with Crippen LogP contribution in [0.2, 0.25) is 0 Å². The van der Waals surface area contributed by atoms with E-state index in [4.69, 9.17) is 4.98 Å². The van der Waals surface area contributed by atoms with Gasteiger partial charge in [-0.05, 0) is 32.0 Å². The number of likely N-dealkylation sites (N-methyl/N-ethyl adjacent to an activating group) is 1. The van der Waals surface area contributed by atoms with Crippen LogP contribution in [-0.2, 0) is 0 Å². The first-order valence-corrected chi connectivity index (χ1v) is 6.96. The van der Waals surface area contributed by atoms with Crippen molar-refractivity contribution < 1.29 is 0 Å². The van der Waals surface area contributed by atoms with Crippen LogP contribution in [0.3, 0.4) is 0 Å². The molecule has 1 aliphatic rings. The van der Waals surface area contributed by atoms with Crippen molar-refractivity contribution in [2.75, 3.05) is 25.0 Å². The van der Waals surface area contributed by atoms with Crippen LogP contribution in [-0.4, -0.2) is 31.2 Å². The van der Waals surface area contributed by atoms with Crippen molar-refractivity contribution in [2.45, 2.75) is 18.9 Å². The van der Waals surface area contributed by atoms with Gasteiger partial charge >= 0.3 is 0 Å². The standard InChI is InChI=1S/C13H17N3S/c1-14-10-5-4-8-16(9-10)13-15-11-6-2-3-7-12(11)17-13/h2-3,6-7,10,14H,4-5,8-9H2,1H3. The lowest BCUT2D eigenvalue weighted by Gasteiger charge is -2.32. The van der Waals surface area contributed by atoms with Gasteiger partial charge in [-0.2, -0.15) is 0 Å². The van der Waals surface area contributed by atoms with Crippen LogP contribution in [0.4, 0.5) is 5.13 Å². The molecule has 17 heavy (non-hydrogen) atoms. The maximum atomic E-state index is 4.72. The van der Waals surface area contributed by atoms with E-state index in [0.29, 0.717) is 6.04 Å². The van der Waals surface area contributed by atoms with Crippen molar-refractivity contribution in [1.29, 1.82) is 0 Å². The third-order valence-electron chi connectivity index (χ3n) is 3.38. The Morgan fingerprint density at radius 3 is 3.12 bits per heavy atom. The summed E-state index contributed by atoms with van der Waals surface area (Å²) in [7, 11) is 2.05. The van der Waals surface area contributed by atoms with Crippen LogP contribution in [0.15, 0.2) is 24.3 Å². The quantitative estimate of drug-likeness (QED) is 0.883. The van der Waals surface area contributed by atoms with Gasteiger partial charge in [-0.3, -0.25) is 0 Å². The van der Waals surface area contributed by atoms with Crippen molar-refractivity contribution in [3.05, 3.63) is 24.3 Å². The topological polar surface area (TPSA) is 28.2 Å². The fraction of sp³-hybridized carbons (Fsp3) is 0.462. The molecule has 1 aromatic heterocycles. The predicted molar refractivity (Wildman–Crippen MR) is 73.9 cm³/mol. The van der Waals surface area contributed by atoms with Crippen molar-refractivity contribution in [3.8, 4) is 0 Å². The van der Waals surface area contributed by atoms with Crippen LogP contribution in [0.25, 0.3) is 10.2 Å². The van der Waals surface area contributed by atoms with Gasteiger partial charge in [0.1, 0.15) is 0 Å². The molecular weight excluding hydrogens is 230 g/mol. The van der Waals surface area contributed by atoms with Crippen LogP contribution in [0, 0.1) is 0 Å². The molecule has 1 aromatic carbocycles. The minimum absolute atomic E-state index is 0.607. The first-order chi connectivity index (χ1) is 8.36. The van der Waals surface area contributed by atoms with E-state index in [1.807, 2.05) is 7.05 Å². The normalized spacial score (nSPS) is 21.0. The molecule has 1 atom stereocenters. The summed E-state index contributed by atoms with van der Waals surface area (Å²) < 4.78 is 1.29. The average molecular weight is 247 g/mol. The molecule has 0 radical (unpaired) electrons. The van der Waals surface area contributed by atoms with Gasteiger partial charge in [0.25, 0.3) is 0 Å². The Balaban J connectivity index is 1.87. The fourth-order valence-electron chi connectivity index (χ4n) is 2.38. The molecule has 1 aliphatic heterocycles. The van der Waals surface area contributed by atoms with Crippen LogP contribution in [0.1, 0.15) is 12.8 Å². The molecule has 4 heteroatoms. The maximum Gasteiger partial charge on any atom is 0.186 e. The van der Waals surface area contributed by atoms with E-state index < -0.39 is 0 Å². The van der Waals surface area contributed by atoms with Gasteiger partial charge < -0.3 is 10.2 Å². The molecule has 0 saturated carbocycles. The van der Waals surface area contributed by atoms with Crippen LogP contribution >= 0.6 is 11.3 Å². The smallest absolute Gasteiger partial charge is 0.186 e. The minimum Gasteiger partial charge on any atom is -0.347 e. The number of aromatic nitrogens is 1. The number of hydrogen-bond acceptors (Lipinski definition) is 4. The zero-order valence-corrected chi connectivity index (χ0v) is 10.8. The first kappa shape index (κ1) is 11.0. The third kappa shape index (κ3) is 2.15. The number of benzene rings is 1. The minimum atomic E-state index is 0.607. The van der Waals surface area contributed by atoms with Gasteiger partial charge in [-0.15, -0.1) is 0 Å². The number of hydrogen-bond donors (Lipinski definition) is 1. The van der Waals surface area contributed by atoms with Crippen molar-refractivity contribution in [1.82, 2.24) is 10.3 Å². The molecule has 90 valence electrons. The second-order valence-corrected chi connectivity index (χ2v) is 5.55. The molecule has 1 N–H and O–H groups in total. The van der Waals surface area contributed by atoms with E-state index in [0.717, 1.165) is 18.6 Å². The van der Waals surface area contributed by atoms with Gasteiger partial charge in [0.15, 0.2) is 5.13 Å². The molecule has 1 saturated heterocycles. The van der Waals surface area contributed by atoms with E-state index >= 15 is 0 Å². The number of piperidine rings is 1. The van der Waals surface area contributed by atoms with Gasteiger partial charge in [-0.1, -0.05) is 23.5 Å². The largest absolute Gasteiger partial charge is 0.347 e. The zero-order chi connectivity index (χ0) is 11.7. The molecular formula is C13H17N3S. The number of para-hydroxylation sites is 1. The Labute approximate surface area is 105 Å². The number of rotatable bonds is 2. The summed E-state index contributed by atoms with van der Waals surface area (Å²) in [4.78, 5) is 7.13. The lowest BCUT2D eigenvalue weighted by molar-refractivity contribution is 0.449. The second kappa shape index (κ2) is 4.63. The van der Waals surface area contributed by atoms with Crippen molar-refractivity contribution in [3.63, 3.8) is 0 Å². The Bertz CT molecular complexity index is 475. The highest BCUT2D eigenvalue weighted by Crippen LogP contribution is 2.30. The molecule has 2 aromatic rings. The van der Waals surface area contributed by atoms with Crippen molar-refractivity contribution in [2.24, 2.45) is 0 Å². The fourth-order valence-corrected chi connectivity index (χ4v) is 3.38. The molecule has 0 aliphatic carbocycles. The Kier molecular flexibility index (Phi) is 2.99. The highest BCUT2D eigenvalue weighted by atomic mass is 32.1. The summed E-state index contributed by atoms with van der Waals surface area (Å²) in [5, 5.41) is 4.54. The van der Waals surface area contributed by atoms with E-state index in [1.165, 1.54) is 22.7 Å². The molecule has 0 amide bonds. The molecule has 0 bridgehead atoms. The molecule has 0 spiro atoms. The SMILES string of the molecule is CNC1CCCN(c2nc3ccccc3s2)C1. The van der Waals surface area contributed by atoms with Crippen LogP contribution in [0.5, 0.6) is 0 Å². The van der Waals surface area contributed by atoms with E-state index in [1.54, 1.807) is 11.3 Å². The number of nitrogens with zero attached hydrogens (tertiary/aromatic N) is 2. The summed E-state index contributed by atoms with van der Waals surface area (Å²) >= 11 is 1.80. The van der Waals surface area contributed by atoms with Gasteiger partial charge in [0.05, 0.1) is 10.2 Å². The van der Waals surface area contributed by atoms with E-state index in [9.17, 15) is 0 Å². The Hall–Kier alpha value is -1.13. The van der Waals surface area contributed by atoms with Crippen LogP contribution < -0.4 is 10.2 Å². The average Bonchev–Trinajstić information content (AvgIpc) is 2.82. The maximum absolute atomic E-state index is 4.72. The third-order valence-corrected chi connectivity index (χ3v) is 4.48. The number of thiazole rings is 1. The highest BCUT2D eigenvalue weighted by molar-refractivity contribution is 7.22. The summed E-state index contributed by atoms with van der Waals surface area (Å²) in [6, 6.07) is 8.98. The lowest BCUT2D eigenvalue weighted by atomic mass is 10.1. The lowest BCUT2D eigenvalue weighted by Crippen LogP contribution is -2.44. The summed E-state index contributed by atoms with van der Waals surface area (Å²) in [5.74, 6) is 0. The number of fused-ring (bicyclic) bond motifs is 1.